The summed E-state index contributed by atoms with van der Waals surface area (Å²) in [6.45, 7) is 15.6. The predicted octanol–water partition coefficient (Wildman–Crippen LogP) is 15.9. The molecule has 7 aromatic carbocycles. The third-order valence-corrected chi connectivity index (χ3v) is 12.2. The van der Waals surface area contributed by atoms with Crippen molar-refractivity contribution in [2.24, 2.45) is 0 Å². The molecular weight excluding hydrogens is 973 g/mol. The Kier molecular flexibility index (Phi) is 11.8. The molecule has 0 aliphatic carbocycles. The molecule has 0 atom stereocenters. The molecular formula is C59H50IrN4O-2. The van der Waals surface area contributed by atoms with Crippen LogP contribution in [0.3, 0.4) is 0 Å². The van der Waals surface area contributed by atoms with Gasteiger partial charge in [0.05, 0.1) is 22.4 Å². The number of aromatic nitrogens is 4. The van der Waals surface area contributed by atoms with Crippen LogP contribution in [-0.2, 0) is 25.5 Å². The molecule has 0 spiro atoms. The van der Waals surface area contributed by atoms with E-state index in [-0.39, 0.29) is 37.4 Å². The van der Waals surface area contributed by atoms with Crippen molar-refractivity contribution in [2.75, 3.05) is 0 Å². The van der Waals surface area contributed by atoms with Crippen molar-refractivity contribution in [1.29, 1.82) is 0 Å². The average molecular weight is 1020 g/mol. The van der Waals surface area contributed by atoms with E-state index in [1.165, 1.54) is 49.5 Å². The van der Waals surface area contributed by atoms with Crippen molar-refractivity contribution < 1.29 is 24.5 Å². The first-order valence-electron chi connectivity index (χ1n) is 22.2. The van der Waals surface area contributed by atoms with Crippen molar-refractivity contribution >= 4 is 54.5 Å². The molecule has 0 saturated carbocycles. The van der Waals surface area contributed by atoms with E-state index in [9.17, 15) is 0 Å². The SMILES string of the molecule is CC(C)(C)c1cc[c-]c(-c2ccccn2)n1.CC(C)c1cc(-c2ccccc2)cc(C(C)C)c1-n1c(-c2[c-]ccc3c2oc2cc4c(ccc5ccccc54)cc23)nc2ccccc21.[Ir]. The summed E-state index contributed by atoms with van der Waals surface area (Å²) < 4.78 is 9.20. The van der Waals surface area contributed by atoms with Crippen LogP contribution >= 0.6 is 0 Å². The number of furan rings is 1. The van der Waals surface area contributed by atoms with Gasteiger partial charge in [-0.2, -0.15) is 12.1 Å². The molecule has 6 heteroatoms. The van der Waals surface area contributed by atoms with Crippen molar-refractivity contribution in [2.45, 2.75) is 65.7 Å². The first-order valence-corrected chi connectivity index (χ1v) is 22.2. The summed E-state index contributed by atoms with van der Waals surface area (Å²) in [6, 6.07) is 61.9. The molecule has 0 fully saturated rings. The minimum absolute atomic E-state index is 0. The monoisotopic (exact) mass is 1020 g/mol. The number of para-hydroxylation sites is 2. The number of imidazole rings is 1. The number of nitrogens with zero attached hydrogens (tertiary/aromatic N) is 4. The van der Waals surface area contributed by atoms with Crippen LogP contribution in [0, 0.1) is 12.1 Å². The summed E-state index contributed by atoms with van der Waals surface area (Å²) >= 11 is 0. The maximum absolute atomic E-state index is 6.83. The Morgan fingerprint density at radius 2 is 1.28 bits per heavy atom. The largest absolute Gasteiger partial charge is 0.501 e. The first kappa shape index (κ1) is 43.5. The van der Waals surface area contributed by atoms with Crippen LogP contribution < -0.4 is 0 Å². The molecule has 1 radical (unpaired) electrons. The van der Waals surface area contributed by atoms with E-state index in [0.717, 1.165) is 61.4 Å². The third kappa shape index (κ3) is 8.18. The van der Waals surface area contributed by atoms with E-state index in [2.05, 4.69) is 196 Å². The molecule has 0 unspecified atom stereocenters. The van der Waals surface area contributed by atoms with Gasteiger partial charge in [-0.05, 0) is 121 Å². The fourth-order valence-corrected chi connectivity index (χ4v) is 8.89. The van der Waals surface area contributed by atoms with E-state index in [4.69, 9.17) is 9.40 Å². The van der Waals surface area contributed by atoms with E-state index in [0.29, 0.717) is 0 Å². The second-order valence-corrected chi connectivity index (χ2v) is 18.3. The quantitative estimate of drug-likeness (QED) is 0.123. The average Bonchev–Trinajstić information content (AvgIpc) is 3.89. The van der Waals surface area contributed by atoms with Gasteiger partial charge in [-0.1, -0.05) is 150 Å². The van der Waals surface area contributed by atoms with Gasteiger partial charge in [0.25, 0.3) is 0 Å². The number of hydrogen-bond acceptors (Lipinski definition) is 4. The van der Waals surface area contributed by atoms with Gasteiger partial charge in [-0.15, -0.1) is 24.3 Å². The van der Waals surface area contributed by atoms with Gasteiger partial charge < -0.3 is 14.0 Å². The molecule has 0 aliphatic heterocycles. The standard InChI is InChI=1S/C45H35N2O.C14H15N2.Ir/c1-27(2)36-24-32(29-13-6-5-7-14-29)25-37(28(3)4)43(36)47-41-20-11-10-19-40(41)46-45(47)35-18-12-17-34-39-23-31-22-21-30-15-8-9-16-33(30)38(31)26-42(39)48-44(34)35;1-14(2,3)13-9-6-8-12(16-13)11-7-4-5-10-15-11;/h5-17,19-28H,1-4H3;4-7,9-10H,1-3H3;/q2*-1;. The van der Waals surface area contributed by atoms with E-state index >= 15 is 0 Å². The maximum Gasteiger partial charge on any atom is 0.121 e. The van der Waals surface area contributed by atoms with Gasteiger partial charge in [-0.25, -0.2) is 0 Å². The molecule has 11 aromatic rings. The summed E-state index contributed by atoms with van der Waals surface area (Å²) in [6.07, 6.45) is 1.77. The van der Waals surface area contributed by atoms with Crippen LogP contribution in [-0.4, -0.2) is 19.5 Å². The Balaban J connectivity index is 0.000000266. The van der Waals surface area contributed by atoms with Gasteiger partial charge in [0.15, 0.2) is 0 Å². The summed E-state index contributed by atoms with van der Waals surface area (Å²) in [5, 5.41) is 7.02. The fourth-order valence-electron chi connectivity index (χ4n) is 8.89. The molecule has 0 aliphatic rings. The van der Waals surface area contributed by atoms with Crippen molar-refractivity contribution in [3.8, 4) is 39.6 Å². The molecule has 0 N–H and O–H groups in total. The van der Waals surface area contributed by atoms with Crippen LogP contribution in [0.2, 0.25) is 0 Å². The molecule has 0 saturated heterocycles. The third-order valence-electron chi connectivity index (χ3n) is 12.2. The summed E-state index contributed by atoms with van der Waals surface area (Å²) in [5.41, 5.74) is 13.6. The van der Waals surface area contributed by atoms with Crippen LogP contribution in [0.1, 0.15) is 77.1 Å². The Hall–Kier alpha value is -6.72. The van der Waals surface area contributed by atoms with Crippen LogP contribution in [0.5, 0.6) is 0 Å². The van der Waals surface area contributed by atoms with Gasteiger partial charge in [0.2, 0.25) is 0 Å². The number of hydrogen-bond donors (Lipinski definition) is 0. The number of rotatable bonds is 6. The number of pyridine rings is 2. The summed E-state index contributed by atoms with van der Waals surface area (Å²) in [7, 11) is 0. The van der Waals surface area contributed by atoms with Crippen molar-refractivity contribution in [3.63, 3.8) is 0 Å². The summed E-state index contributed by atoms with van der Waals surface area (Å²) in [5.74, 6) is 1.40. The molecule has 11 rings (SSSR count). The molecule has 323 valence electrons. The molecule has 65 heavy (non-hydrogen) atoms. The van der Waals surface area contributed by atoms with E-state index in [1.54, 1.807) is 6.20 Å². The van der Waals surface area contributed by atoms with Gasteiger partial charge in [0.1, 0.15) is 5.58 Å². The number of benzene rings is 7. The number of fused-ring (bicyclic) bond motifs is 7. The smallest absolute Gasteiger partial charge is 0.121 e. The maximum atomic E-state index is 6.83. The summed E-state index contributed by atoms with van der Waals surface area (Å²) in [4.78, 5) is 14.2. The fraction of sp³-hybridized carbons (Fsp3) is 0.169. The Morgan fingerprint density at radius 3 is 2.02 bits per heavy atom. The van der Waals surface area contributed by atoms with Crippen LogP contribution in [0.15, 0.2) is 168 Å². The second kappa shape index (κ2) is 17.7. The zero-order valence-electron chi connectivity index (χ0n) is 37.8. The molecule has 4 heterocycles. The zero-order valence-corrected chi connectivity index (χ0v) is 40.2. The Labute approximate surface area is 394 Å². The van der Waals surface area contributed by atoms with Crippen LogP contribution in [0.4, 0.5) is 0 Å². The minimum atomic E-state index is 0. The van der Waals surface area contributed by atoms with E-state index in [1.807, 2.05) is 36.4 Å². The van der Waals surface area contributed by atoms with E-state index < -0.39 is 0 Å². The van der Waals surface area contributed by atoms with Crippen molar-refractivity contribution in [3.05, 3.63) is 193 Å². The Morgan fingerprint density at radius 1 is 0.585 bits per heavy atom. The van der Waals surface area contributed by atoms with Gasteiger partial charge >= 0.3 is 0 Å². The Bertz CT molecular complexity index is 3460. The van der Waals surface area contributed by atoms with Crippen molar-refractivity contribution in [1.82, 2.24) is 19.5 Å². The second-order valence-electron chi connectivity index (χ2n) is 18.3. The molecule has 0 bridgehead atoms. The van der Waals surface area contributed by atoms with Gasteiger partial charge in [-0.3, -0.25) is 9.97 Å². The minimum Gasteiger partial charge on any atom is -0.501 e. The zero-order chi connectivity index (χ0) is 44.1. The predicted molar refractivity (Wildman–Crippen MR) is 266 cm³/mol. The topological polar surface area (TPSA) is 56.7 Å². The first-order chi connectivity index (χ1) is 31.0. The molecule has 0 amide bonds. The van der Waals surface area contributed by atoms with Crippen LogP contribution in [0.25, 0.3) is 94.1 Å². The molecule has 4 aromatic heterocycles. The normalized spacial score (nSPS) is 11.8. The van der Waals surface area contributed by atoms with Gasteiger partial charge in [0, 0.05) is 37.4 Å². The molecule has 5 nitrogen and oxygen atoms in total.